The Kier molecular flexibility index (Phi) is 7.19. The molecule has 0 aliphatic heterocycles. The van der Waals surface area contributed by atoms with E-state index in [0.717, 1.165) is 30.9 Å². The highest BCUT2D eigenvalue weighted by atomic mass is 16.5. The van der Waals surface area contributed by atoms with E-state index in [-0.39, 0.29) is 5.91 Å². The van der Waals surface area contributed by atoms with Gasteiger partial charge in [-0.25, -0.2) is 4.98 Å². The zero-order valence-electron chi connectivity index (χ0n) is 16.8. The van der Waals surface area contributed by atoms with E-state index in [2.05, 4.69) is 34.6 Å². The highest BCUT2D eigenvalue weighted by Crippen LogP contribution is 2.22. The molecule has 0 bridgehead atoms. The van der Waals surface area contributed by atoms with E-state index in [4.69, 9.17) is 4.74 Å². The Bertz CT molecular complexity index is 894. The van der Waals surface area contributed by atoms with Crippen molar-refractivity contribution in [2.75, 3.05) is 37.8 Å². The molecule has 6 heteroatoms. The molecule has 1 aromatic heterocycles. The van der Waals surface area contributed by atoms with Crippen LogP contribution in [0.2, 0.25) is 0 Å². The highest BCUT2D eigenvalue weighted by molar-refractivity contribution is 6.02. The maximum Gasteiger partial charge on any atom is 0.274 e. The highest BCUT2D eigenvalue weighted by Gasteiger charge is 2.08. The molecule has 0 saturated carbocycles. The van der Waals surface area contributed by atoms with Gasteiger partial charge in [0.25, 0.3) is 5.91 Å². The Labute approximate surface area is 171 Å². The molecule has 3 rings (SSSR count). The van der Waals surface area contributed by atoms with E-state index >= 15 is 0 Å². The fourth-order valence-corrected chi connectivity index (χ4v) is 2.69. The van der Waals surface area contributed by atoms with Crippen LogP contribution in [-0.2, 0) is 0 Å². The number of ether oxygens (including phenoxy) is 1. The molecule has 3 aromatic rings. The van der Waals surface area contributed by atoms with Crippen molar-refractivity contribution in [2.45, 2.75) is 6.42 Å². The van der Waals surface area contributed by atoms with E-state index in [0.29, 0.717) is 17.1 Å². The zero-order chi connectivity index (χ0) is 20.5. The Balaban J connectivity index is 1.50. The SMILES string of the molecule is CN(C)CCCNc1ccc(C(=O)Nc2ccc(Oc3ccccc3)cc2)nc1. The van der Waals surface area contributed by atoms with Gasteiger partial charge in [-0.05, 0) is 75.6 Å². The topological polar surface area (TPSA) is 66.5 Å². The first-order valence-electron chi connectivity index (χ1n) is 9.59. The van der Waals surface area contributed by atoms with Crippen molar-refractivity contribution >= 4 is 17.3 Å². The van der Waals surface area contributed by atoms with Gasteiger partial charge in [0.05, 0.1) is 11.9 Å². The van der Waals surface area contributed by atoms with Crippen LogP contribution in [0.3, 0.4) is 0 Å². The molecular formula is C23H26N4O2. The summed E-state index contributed by atoms with van der Waals surface area (Å²) in [5.41, 5.74) is 1.96. The van der Waals surface area contributed by atoms with E-state index in [9.17, 15) is 4.79 Å². The van der Waals surface area contributed by atoms with Crippen LogP contribution in [0.1, 0.15) is 16.9 Å². The molecule has 0 aliphatic carbocycles. The van der Waals surface area contributed by atoms with Gasteiger partial charge < -0.3 is 20.3 Å². The van der Waals surface area contributed by atoms with Crippen LogP contribution in [0.5, 0.6) is 11.5 Å². The number of aromatic nitrogens is 1. The maximum atomic E-state index is 12.4. The molecule has 2 aromatic carbocycles. The largest absolute Gasteiger partial charge is 0.457 e. The first-order chi connectivity index (χ1) is 14.1. The van der Waals surface area contributed by atoms with Gasteiger partial charge in [-0.1, -0.05) is 18.2 Å². The molecule has 0 atom stereocenters. The number of nitrogens with zero attached hydrogens (tertiary/aromatic N) is 2. The van der Waals surface area contributed by atoms with Gasteiger partial charge in [0.2, 0.25) is 0 Å². The Morgan fingerprint density at radius 3 is 2.28 bits per heavy atom. The Morgan fingerprint density at radius 1 is 0.931 bits per heavy atom. The average Bonchev–Trinajstić information content (AvgIpc) is 2.74. The lowest BCUT2D eigenvalue weighted by molar-refractivity contribution is 0.102. The first kappa shape index (κ1) is 20.4. The lowest BCUT2D eigenvalue weighted by Gasteiger charge is -2.11. The van der Waals surface area contributed by atoms with Crippen molar-refractivity contribution in [2.24, 2.45) is 0 Å². The maximum absolute atomic E-state index is 12.4. The lowest BCUT2D eigenvalue weighted by atomic mass is 10.2. The molecule has 0 aliphatic rings. The number of rotatable bonds is 9. The summed E-state index contributed by atoms with van der Waals surface area (Å²) >= 11 is 0. The Hall–Kier alpha value is -3.38. The van der Waals surface area contributed by atoms with Crippen molar-refractivity contribution in [3.63, 3.8) is 0 Å². The molecule has 0 spiro atoms. The van der Waals surface area contributed by atoms with E-state index in [1.165, 1.54) is 0 Å². The van der Waals surface area contributed by atoms with E-state index < -0.39 is 0 Å². The minimum Gasteiger partial charge on any atom is -0.457 e. The lowest BCUT2D eigenvalue weighted by Crippen LogP contribution is -2.16. The third kappa shape index (κ3) is 6.62. The number of hydrogen-bond donors (Lipinski definition) is 2. The standard InChI is InChI=1S/C23H26N4O2/c1-27(2)16-6-15-24-19-11-14-22(25-17-19)23(28)26-18-9-12-21(13-10-18)29-20-7-4-3-5-8-20/h3-5,7-14,17,24H,6,15-16H2,1-2H3,(H,26,28). The predicted octanol–water partition coefficient (Wildman–Crippen LogP) is 4.49. The van der Waals surface area contributed by atoms with Gasteiger partial charge in [-0.3, -0.25) is 4.79 Å². The molecule has 150 valence electrons. The molecule has 0 radical (unpaired) electrons. The average molecular weight is 390 g/mol. The number of carbonyl (C=O) groups is 1. The summed E-state index contributed by atoms with van der Waals surface area (Å²) in [6, 6.07) is 20.4. The van der Waals surface area contributed by atoms with Crippen LogP contribution in [0.15, 0.2) is 72.9 Å². The van der Waals surface area contributed by atoms with Gasteiger partial charge in [0, 0.05) is 12.2 Å². The van der Waals surface area contributed by atoms with Gasteiger partial charge in [-0.2, -0.15) is 0 Å². The summed E-state index contributed by atoms with van der Waals surface area (Å²) in [4.78, 5) is 18.8. The summed E-state index contributed by atoms with van der Waals surface area (Å²) in [6.07, 6.45) is 2.72. The summed E-state index contributed by atoms with van der Waals surface area (Å²) in [5.74, 6) is 1.22. The normalized spacial score (nSPS) is 10.6. The second-order valence-electron chi connectivity index (χ2n) is 6.91. The molecule has 1 amide bonds. The van der Waals surface area contributed by atoms with Crippen LogP contribution < -0.4 is 15.4 Å². The van der Waals surface area contributed by atoms with Crippen molar-refractivity contribution in [3.05, 3.63) is 78.6 Å². The molecule has 29 heavy (non-hydrogen) atoms. The number of benzene rings is 2. The minimum absolute atomic E-state index is 0.249. The summed E-state index contributed by atoms with van der Waals surface area (Å²) in [5, 5.41) is 6.16. The summed E-state index contributed by atoms with van der Waals surface area (Å²) < 4.78 is 5.75. The minimum atomic E-state index is -0.249. The fourth-order valence-electron chi connectivity index (χ4n) is 2.69. The zero-order valence-corrected chi connectivity index (χ0v) is 16.8. The van der Waals surface area contributed by atoms with Crippen LogP contribution in [-0.4, -0.2) is 43.0 Å². The fraction of sp³-hybridized carbons (Fsp3) is 0.217. The van der Waals surface area contributed by atoms with Crippen molar-refractivity contribution < 1.29 is 9.53 Å². The monoisotopic (exact) mass is 390 g/mol. The van der Waals surface area contributed by atoms with Crippen molar-refractivity contribution in [1.82, 2.24) is 9.88 Å². The third-order valence-corrected chi connectivity index (χ3v) is 4.20. The summed E-state index contributed by atoms with van der Waals surface area (Å²) in [7, 11) is 4.11. The van der Waals surface area contributed by atoms with Crippen LogP contribution in [0.4, 0.5) is 11.4 Å². The van der Waals surface area contributed by atoms with Crippen LogP contribution >= 0.6 is 0 Å². The van der Waals surface area contributed by atoms with Crippen molar-refractivity contribution in [1.29, 1.82) is 0 Å². The molecule has 0 unspecified atom stereocenters. The number of carbonyl (C=O) groups excluding carboxylic acids is 1. The second-order valence-corrected chi connectivity index (χ2v) is 6.91. The molecular weight excluding hydrogens is 364 g/mol. The quantitative estimate of drug-likeness (QED) is 0.527. The number of para-hydroxylation sites is 1. The van der Waals surface area contributed by atoms with Gasteiger partial charge >= 0.3 is 0 Å². The van der Waals surface area contributed by atoms with Crippen LogP contribution in [0, 0.1) is 0 Å². The number of amides is 1. The number of nitrogens with one attached hydrogen (secondary N) is 2. The molecule has 2 N–H and O–H groups in total. The summed E-state index contributed by atoms with van der Waals surface area (Å²) in [6.45, 7) is 1.89. The van der Waals surface area contributed by atoms with Gasteiger partial charge in [0.1, 0.15) is 17.2 Å². The first-order valence-corrected chi connectivity index (χ1v) is 9.59. The Morgan fingerprint density at radius 2 is 1.62 bits per heavy atom. The number of anilines is 2. The molecule has 1 heterocycles. The smallest absolute Gasteiger partial charge is 0.274 e. The number of hydrogen-bond acceptors (Lipinski definition) is 5. The predicted molar refractivity (Wildman–Crippen MR) is 117 cm³/mol. The number of pyridine rings is 1. The van der Waals surface area contributed by atoms with Gasteiger partial charge in [0.15, 0.2) is 0 Å². The molecule has 0 fully saturated rings. The second kappa shape index (κ2) is 10.2. The molecule has 6 nitrogen and oxygen atoms in total. The third-order valence-electron chi connectivity index (χ3n) is 4.20. The van der Waals surface area contributed by atoms with E-state index in [1.54, 1.807) is 24.4 Å². The molecule has 0 saturated heterocycles. The van der Waals surface area contributed by atoms with E-state index in [1.807, 2.05) is 48.5 Å². The van der Waals surface area contributed by atoms with Gasteiger partial charge in [-0.15, -0.1) is 0 Å². The van der Waals surface area contributed by atoms with Crippen LogP contribution in [0.25, 0.3) is 0 Å². The van der Waals surface area contributed by atoms with Crippen molar-refractivity contribution in [3.8, 4) is 11.5 Å².